The molecule has 7 nitrogen and oxygen atoms in total. The summed E-state index contributed by atoms with van der Waals surface area (Å²) >= 11 is 0. The van der Waals surface area contributed by atoms with Gasteiger partial charge < -0.3 is 5.32 Å². The zero-order chi connectivity index (χ0) is 22.3. The standard InChI is InChI=1S/C20H14F4N4O3/c21-11-5-6-12-14(7-11)25-10-27(19(12)31)9-18(30)28-15-4-2-1-3-13(15)26-17(29)8-16(28)20(22,23)24/h1-7,10,16H,8-9H2,(H,26,29). The number of anilines is 2. The molecular formula is C20H14F4N4O3. The van der Waals surface area contributed by atoms with Crippen LogP contribution >= 0.6 is 0 Å². The van der Waals surface area contributed by atoms with Gasteiger partial charge in [-0.05, 0) is 24.3 Å². The molecular weight excluding hydrogens is 420 g/mol. The van der Waals surface area contributed by atoms with Gasteiger partial charge in [-0.15, -0.1) is 0 Å². The molecule has 0 bridgehead atoms. The number of halogens is 4. The lowest BCUT2D eigenvalue weighted by Crippen LogP contribution is -2.51. The van der Waals surface area contributed by atoms with Crippen molar-refractivity contribution in [3.8, 4) is 0 Å². The lowest BCUT2D eigenvalue weighted by molar-refractivity contribution is -0.158. The van der Waals surface area contributed by atoms with Crippen LogP contribution in [-0.2, 0) is 16.1 Å². The van der Waals surface area contributed by atoms with E-state index in [1.54, 1.807) is 0 Å². The van der Waals surface area contributed by atoms with E-state index in [1.165, 1.54) is 30.3 Å². The van der Waals surface area contributed by atoms with Gasteiger partial charge in [0.15, 0.2) is 0 Å². The molecule has 0 fully saturated rings. The highest BCUT2D eigenvalue weighted by Crippen LogP contribution is 2.37. The van der Waals surface area contributed by atoms with Gasteiger partial charge in [-0.25, -0.2) is 9.37 Å². The molecule has 0 saturated heterocycles. The Morgan fingerprint density at radius 2 is 1.90 bits per heavy atom. The highest BCUT2D eigenvalue weighted by atomic mass is 19.4. The van der Waals surface area contributed by atoms with E-state index in [4.69, 9.17) is 0 Å². The second-order valence-corrected chi connectivity index (χ2v) is 6.93. The molecule has 2 aromatic carbocycles. The third-order valence-corrected chi connectivity index (χ3v) is 4.87. The van der Waals surface area contributed by atoms with Crippen molar-refractivity contribution >= 4 is 34.1 Å². The van der Waals surface area contributed by atoms with Crippen molar-refractivity contribution in [2.75, 3.05) is 10.2 Å². The summed E-state index contributed by atoms with van der Waals surface area (Å²) in [5.74, 6) is -2.56. The molecule has 1 atom stereocenters. The summed E-state index contributed by atoms with van der Waals surface area (Å²) in [6.07, 6.45) is -4.92. The molecule has 1 N–H and O–H groups in total. The minimum absolute atomic E-state index is 0.0113. The Morgan fingerprint density at radius 3 is 2.65 bits per heavy atom. The van der Waals surface area contributed by atoms with Crippen molar-refractivity contribution in [1.29, 1.82) is 0 Å². The van der Waals surface area contributed by atoms with Crippen molar-refractivity contribution in [1.82, 2.24) is 9.55 Å². The van der Waals surface area contributed by atoms with E-state index in [0.29, 0.717) is 4.90 Å². The third kappa shape index (κ3) is 3.86. The van der Waals surface area contributed by atoms with Crippen LogP contribution in [0.5, 0.6) is 0 Å². The third-order valence-electron chi connectivity index (χ3n) is 4.87. The van der Waals surface area contributed by atoms with Gasteiger partial charge in [-0.1, -0.05) is 12.1 Å². The number of hydrogen-bond acceptors (Lipinski definition) is 4. The van der Waals surface area contributed by atoms with Gasteiger partial charge >= 0.3 is 6.18 Å². The first kappa shape index (κ1) is 20.5. The largest absolute Gasteiger partial charge is 0.409 e. The summed E-state index contributed by atoms with van der Waals surface area (Å²) in [6, 6.07) is 6.44. The van der Waals surface area contributed by atoms with E-state index in [9.17, 15) is 31.9 Å². The molecule has 1 aliphatic heterocycles. The summed E-state index contributed by atoms with van der Waals surface area (Å²) in [4.78, 5) is 42.1. The van der Waals surface area contributed by atoms with Crippen LogP contribution in [0.2, 0.25) is 0 Å². The second-order valence-electron chi connectivity index (χ2n) is 6.93. The van der Waals surface area contributed by atoms with Crippen LogP contribution in [0.4, 0.5) is 28.9 Å². The Morgan fingerprint density at radius 1 is 1.16 bits per heavy atom. The zero-order valence-electron chi connectivity index (χ0n) is 15.7. The molecule has 31 heavy (non-hydrogen) atoms. The topological polar surface area (TPSA) is 84.3 Å². The molecule has 2 amide bonds. The molecule has 1 aromatic heterocycles. The van der Waals surface area contributed by atoms with Crippen LogP contribution < -0.4 is 15.8 Å². The number of nitrogens with zero attached hydrogens (tertiary/aromatic N) is 3. The summed E-state index contributed by atoms with van der Waals surface area (Å²) in [7, 11) is 0. The average molecular weight is 434 g/mol. The molecule has 3 aromatic rings. The minimum atomic E-state index is -4.89. The van der Waals surface area contributed by atoms with E-state index in [-0.39, 0.29) is 22.3 Å². The number of nitrogens with one attached hydrogen (secondary N) is 1. The van der Waals surface area contributed by atoms with Crippen LogP contribution in [0, 0.1) is 5.82 Å². The van der Waals surface area contributed by atoms with Gasteiger partial charge in [0.1, 0.15) is 18.4 Å². The maximum Gasteiger partial charge on any atom is 0.409 e. The van der Waals surface area contributed by atoms with E-state index in [0.717, 1.165) is 23.0 Å². The van der Waals surface area contributed by atoms with Crippen molar-refractivity contribution in [2.24, 2.45) is 0 Å². The first-order chi connectivity index (χ1) is 14.6. The Bertz CT molecular complexity index is 1260. The summed E-state index contributed by atoms with van der Waals surface area (Å²) in [6.45, 7) is -0.756. The van der Waals surface area contributed by atoms with Crippen LogP contribution in [-0.4, -0.2) is 33.6 Å². The SMILES string of the molecule is O=C1CC(C(F)(F)F)N(C(=O)Cn2cnc3cc(F)ccc3c2=O)c2ccccc2N1. The molecule has 0 aliphatic carbocycles. The highest BCUT2D eigenvalue weighted by molar-refractivity contribution is 6.04. The monoisotopic (exact) mass is 434 g/mol. The molecule has 0 spiro atoms. The Balaban J connectivity index is 1.77. The van der Waals surface area contributed by atoms with Crippen molar-refractivity contribution in [3.63, 3.8) is 0 Å². The van der Waals surface area contributed by atoms with Gasteiger partial charge in [0, 0.05) is 6.07 Å². The van der Waals surface area contributed by atoms with E-state index < -0.39 is 48.4 Å². The number of para-hydroxylation sites is 2. The number of carbonyl (C=O) groups excluding carboxylic acids is 2. The quantitative estimate of drug-likeness (QED) is 0.629. The number of benzene rings is 2. The van der Waals surface area contributed by atoms with Crippen molar-refractivity contribution in [3.05, 3.63) is 65.0 Å². The molecule has 4 rings (SSSR count). The van der Waals surface area contributed by atoms with Crippen molar-refractivity contribution in [2.45, 2.75) is 25.2 Å². The molecule has 0 saturated carbocycles. The fraction of sp³-hybridized carbons (Fsp3) is 0.200. The number of carbonyl (C=O) groups is 2. The van der Waals surface area contributed by atoms with E-state index in [2.05, 4.69) is 10.3 Å². The molecule has 0 radical (unpaired) electrons. The van der Waals surface area contributed by atoms with Crippen LogP contribution in [0.3, 0.4) is 0 Å². The molecule has 1 unspecified atom stereocenters. The molecule has 160 valence electrons. The van der Waals surface area contributed by atoms with Crippen LogP contribution in [0.1, 0.15) is 6.42 Å². The number of hydrogen-bond donors (Lipinski definition) is 1. The van der Waals surface area contributed by atoms with Gasteiger partial charge in [-0.2, -0.15) is 13.2 Å². The fourth-order valence-corrected chi connectivity index (χ4v) is 3.46. The summed E-state index contributed by atoms with van der Waals surface area (Å²) in [5.41, 5.74) is -0.743. The number of aromatic nitrogens is 2. The van der Waals surface area contributed by atoms with Gasteiger partial charge in [-0.3, -0.25) is 23.9 Å². The fourth-order valence-electron chi connectivity index (χ4n) is 3.46. The lowest BCUT2D eigenvalue weighted by atomic mass is 10.1. The normalized spacial score (nSPS) is 16.6. The maximum absolute atomic E-state index is 13.8. The van der Waals surface area contributed by atoms with Crippen LogP contribution in [0.25, 0.3) is 10.9 Å². The average Bonchev–Trinajstić information content (AvgIpc) is 2.85. The maximum atomic E-state index is 13.8. The Kier molecular flexibility index (Phi) is 4.96. The summed E-state index contributed by atoms with van der Waals surface area (Å²) in [5, 5.41) is 2.38. The molecule has 1 aliphatic rings. The van der Waals surface area contributed by atoms with Crippen LogP contribution in [0.15, 0.2) is 53.6 Å². The minimum Gasteiger partial charge on any atom is -0.324 e. The van der Waals surface area contributed by atoms with Crippen molar-refractivity contribution < 1.29 is 27.2 Å². The predicted octanol–water partition coefficient (Wildman–Crippen LogP) is 2.84. The molecule has 11 heteroatoms. The van der Waals surface area contributed by atoms with Gasteiger partial charge in [0.05, 0.1) is 35.0 Å². The van der Waals surface area contributed by atoms with E-state index >= 15 is 0 Å². The summed E-state index contributed by atoms with van der Waals surface area (Å²) < 4.78 is 55.5. The molecule has 2 heterocycles. The highest BCUT2D eigenvalue weighted by Gasteiger charge is 2.49. The first-order valence-electron chi connectivity index (χ1n) is 9.07. The Hall–Kier alpha value is -3.76. The smallest absolute Gasteiger partial charge is 0.324 e. The number of fused-ring (bicyclic) bond motifs is 2. The Labute approximate surface area is 171 Å². The van der Waals surface area contributed by atoms with Gasteiger partial charge in [0.25, 0.3) is 5.56 Å². The number of alkyl halides is 3. The zero-order valence-corrected chi connectivity index (χ0v) is 15.7. The predicted molar refractivity (Wildman–Crippen MR) is 103 cm³/mol. The second kappa shape index (κ2) is 7.49. The first-order valence-corrected chi connectivity index (χ1v) is 9.07. The number of amides is 2. The number of rotatable bonds is 2. The lowest BCUT2D eigenvalue weighted by Gasteiger charge is -2.31. The van der Waals surface area contributed by atoms with Gasteiger partial charge in [0.2, 0.25) is 11.8 Å². The van der Waals surface area contributed by atoms with E-state index in [1.807, 2.05) is 0 Å².